The van der Waals surface area contributed by atoms with Crippen molar-refractivity contribution in [2.75, 3.05) is 4.90 Å². The lowest BCUT2D eigenvalue weighted by Crippen LogP contribution is -2.28. The lowest BCUT2D eigenvalue weighted by molar-refractivity contribution is 0.768. The first-order valence-electron chi connectivity index (χ1n) is 25.7. The van der Waals surface area contributed by atoms with E-state index >= 15 is 0 Å². The quantitative estimate of drug-likeness (QED) is 0.127. The van der Waals surface area contributed by atoms with Crippen LogP contribution < -0.4 is 10.2 Å². The molecule has 1 aliphatic carbocycles. The Morgan fingerprint density at radius 2 is 0.827 bits per heavy atom. The molecule has 0 saturated heterocycles. The molecule has 1 aliphatic heterocycles. The summed E-state index contributed by atoms with van der Waals surface area (Å²) < 4.78 is 0. The summed E-state index contributed by atoms with van der Waals surface area (Å²) >= 11 is 0. The largest absolute Gasteiger partial charge is 0.354 e. The van der Waals surface area contributed by atoms with E-state index in [1.54, 1.807) is 0 Å². The van der Waals surface area contributed by atoms with Crippen molar-refractivity contribution in [3.05, 3.63) is 341 Å². The maximum absolute atomic E-state index is 10.1. The zero-order valence-corrected chi connectivity index (χ0v) is 41.2. The van der Waals surface area contributed by atoms with Crippen molar-refractivity contribution in [3.8, 4) is 33.4 Å². The van der Waals surface area contributed by atoms with Gasteiger partial charge in [-0.2, -0.15) is 0 Å². The predicted molar refractivity (Wildman–Crippen MR) is 313 cm³/mol. The molecule has 0 aromatic heterocycles. The molecule has 75 heavy (non-hydrogen) atoms. The van der Waals surface area contributed by atoms with Crippen LogP contribution >= 0.6 is 0 Å². The third-order valence-corrected chi connectivity index (χ3v) is 14.9. The number of rotatable bonds is 11. The third kappa shape index (κ3) is 7.90. The molecule has 1 heterocycles. The lowest BCUT2D eigenvalue weighted by atomic mass is 9.68. The molecule has 0 radical (unpaired) electrons. The molecule has 0 fully saturated rings. The number of nitrogens with zero attached hydrogens (tertiary/aromatic N) is 1. The van der Waals surface area contributed by atoms with Crippen LogP contribution in [0.4, 0.5) is 17.1 Å². The summed E-state index contributed by atoms with van der Waals surface area (Å²) in [6, 6.07) is 104. The molecule has 0 amide bonds. The third-order valence-electron chi connectivity index (χ3n) is 14.9. The van der Waals surface area contributed by atoms with Gasteiger partial charge in [0.25, 0.3) is 0 Å². The van der Waals surface area contributed by atoms with Gasteiger partial charge in [0, 0.05) is 39.2 Å². The summed E-state index contributed by atoms with van der Waals surface area (Å²) in [6.07, 6.45) is 2.32. The molecule has 0 spiro atoms. The van der Waals surface area contributed by atoms with E-state index in [4.69, 9.17) is 0 Å². The number of anilines is 3. The van der Waals surface area contributed by atoms with Crippen molar-refractivity contribution < 1.29 is 0 Å². The van der Waals surface area contributed by atoms with Gasteiger partial charge >= 0.3 is 0 Å². The van der Waals surface area contributed by atoms with Crippen LogP contribution in [0.1, 0.15) is 50.1 Å². The van der Waals surface area contributed by atoms with Gasteiger partial charge in [0.1, 0.15) is 0 Å². The minimum atomic E-state index is -0.615. The van der Waals surface area contributed by atoms with Crippen LogP contribution in [0.15, 0.2) is 291 Å². The van der Waals surface area contributed by atoms with Crippen molar-refractivity contribution in [3.63, 3.8) is 0 Å². The van der Waals surface area contributed by atoms with E-state index in [-0.39, 0.29) is 0 Å². The fourth-order valence-corrected chi connectivity index (χ4v) is 11.6. The maximum Gasteiger partial charge on any atom is 0.0714 e. The molecule has 11 aromatic carbocycles. The number of benzene rings is 11. The highest BCUT2D eigenvalue weighted by Crippen LogP contribution is 2.60. The standard InChI is InChI=1S/C72H51N3/c73-70(54-34-16-5-17-35-54)68(53-32-14-4-15-33-53)71-60-41-24-44-66(62(60)49-65(74-71)52-30-12-3-13-31-52)75(59-47-55(50-26-8-1-9-27-50)46-56(48-59)51-28-10-2-11-29-51)67-45-25-43-64-69(67)61-40-22-23-42-63(61)72(64,57-36-18-6-19-37-57)58-38-20-7-21-39-58/h1-49,73-74H/b71-68-,73-70?. The van der Waals surface area contributed by atoms with Crippen molar-refractivity contribution in [2.24, 2.45) is 0 Å². The van der Waals surface area contributed by atoms with E-state index in [1.807, 2.05) is 36.4 Å². The second kappa shape index (κ2) is 19.3. The molecule has 0 bridgehead atoms. The summed E-state index contributed by atoms with van der Waals surface area (Å²) in [5.41, 5.74) is 22.2. The van der Waals surface area contributed by atoms with Gasteiger partial charge in [-0.1, -0.05) is 261 Å². The Morgan fingerprint density at radius 3 is 1.41 bits per heavy atom. The van der Waals surface area contributed by atoms with Crippen molar-refractivity contribution in [2.45, 2.75) is 5.41 Å². The number of hydrogen-bond donors (Lipinski definition) is 2. The van der Waals surface area contributed by atoms with Gasteiger partial charge in [-0.3, -0.25) is 5.41 Å². The van der Waals surface area contributed by atoms with E-state index in [0.717, 1.165) is 84.1 Å². The van der Waals surface area contributed by atoms with E-state index in [1.165, 1.54) is 33.4 Å². The molecule has 3 heteroatoms. The monoisotopic (exact) mass is 957 g/mol. The maximum atomic E-state index is 10.1. The highest BCUT2D eigenvalue weighted by Gasteiger charge is 2.47. The minimum Gasteiger partial charge on any atom is -0.354 e. The molecule has 0 unspecified atom stereocenters. The van der Waals surface area contributed by atoms with Gasteiger partial charge in [0.15, 0.2) is 0 Å². The normalized spacial score (nSPS) is 13.6. The average molecular weight is 958 g/mol. The Balaban J connectivity index is 1.16. The minimum absolute atomic E-state index is 0.436. The Hall–Kier alpha value is -9.83. The molecule has 0 saturated carbocycles. The van der Waals surface area contributed by atoms with Crippen LogP contribution in [-0.2, 0) is 5.41 Å². The van der Waals surface area contributed by atoms with E-state index < -0.39 is 5.41 Å². The summed E-state index contributed by atoms with van der Waals surface area (Å²) in [4.78, 5) is 2.52. The smallest absolute Gasteiger partial charge is 0.0714 e. The fourth-order valence-electron chi connectivity index (χ4n) is 11.6. The molecule has 3 nitrogen and oxygen atoms in total. The SMILES string of the molecule is N=C(/C(=C1\NC(c2ccccc2)=Cc2c1cccc2N(c1cc(-c2ccccc2)cc(-c2ccccc2)c1)c1cccc2c1-c1ccccc1C2(c1ccccc1)c1ccccc1)c1ccccc1)c1ccccc1. The lowest BCUT2D eigenvalue weighted by Gasteiger charge is -2.35. The number of nitrogens with one attached hydrogen (secondary N) is 2. The average Bonchev–Trinajstić information content (AvgIpc) is 3.83. The van der Waals surface area contributed by atoms with E-state index in [9.17, 15) is 5.41 Å². The van der Waals surface area contributed by atoms with Gasteiger partial charge in [-0.15, -0.1) is 0 Å². The fraction of sp³-hybridized carbons (Fsp3) is 0.0139. The Kier molecular flexibility index (Phi) is 11.6. The summed E-state index contributed by atoms with van der Waals surface area (Å²) in [6.45, 7) is 0. The van der Waals surface area contributed by atoms with E-state index in [2.05, 4.69) is 271 Å². The molecule has 2 N–H and O–H groups in total. The van der Waals surface area contributed by atoms with Crippen LogP contribution in [0.5, 0.6) is 0 Å². The van der Waals surface area contributed by atoms with Crippen LogP contribution in [0.2, 0.25) is 0 Å². The molecule has 354 valence electrons. The Bertz CT molecular complexity index is 3850. The number of fused-ring (bicyclic) bond motifs is 4. The Labute approximate surface area is 439 Å². The van der Waals surface area contributed by atoms with Crippen molar-refractivity contribution in [1.29, 1.82) is 5.41 Å². The Morgan fingerprint density at radius 1 is 0.373 bits per heavy atom. The first-order valence-corrected chi connectivity index (χ1v) is 25.7. The van der Waals surface area contributed by atoms with Gasteiger partial charge in [0.2, 0.25) is 0 Å². The predicted octanol–water partition coefficient (Wildman–Crippen LogP) is 17.9. The first kappa shape index (κ1) is 45.1. The molecule has 13 rings (SSSR count). The van der Waals surface area contributed by atoms with Gasteiger partial charge in [0.05, 0.1) is 28.2 Å². The van der Waals surface area contributed by atoms with Crippen LogP contribution in [0.25, 0.3) is 56.4 Å². The van der Waals surface area contributed by atoms with Gasteiger partial charge in [-0.05, 0) is 97.6 Å². The second-order valence-electron chi connectivity index (χ2n) is 19.2. The molecular weight excluding hydrogens is 907 g/mol. The zero-order chi connectivity index (χ0) is 50.1. The van der Waals surface area contributed by atoms with Gasteiger partial charge in [-0.25, -0.2) is 0 Å². The first-order chi connectivity index (χ1) is 37.1. The zero-order valence-electron chi connectivity index (χ0n) is 41.2. The molecule has 11 aromatic rings. The highest BCUT2D eigenvalue weighted by molar-refractivity contribution is 6.36. The summed E-state index contributed by atoms with van der Waals surface area (Å²) in [5, 5.41) is 14.1. The molecular formula is C72H51N3. The number of hydrogen-bond acceptors (Lipinski definition) is 3. The van der Waals surface area contributed by atoms with Crippen LogP contribution in [-0.4, -0.2) is 5.71 Å². The van der Waals surface area contributed by atoms with Crippen LogP contribution in [0, 0.1) is 5.41 Å². The highest BCUT2D eigenvalue weighted by atomic mass is 15.2. The van der Waals surface area contributed by atoms with Crippen molar-refractivity contribution in [1.82, 2.24) is 5.32 Å². The summed E-state index contributed by atoms with van der Waals surface area (Å²) in [7, 11) is 0. The summed E-state index contributed by atoms with van der Waals surface area (Å²) in [5.74, 6) is 0. The van der Waals surface area contributed by atoms with E-state index in [0.29, 0.717) is 5.71 Å². The second-order valence-corrected chi connectivity index (χ2v) is 19.2. The van der Waals surface area contributed by atoms with Crippen LogP contribution in [0.3, 0.4) is 0 Å². The van der Waals surface area contributed by atoms with Crippen molar-refractivity contribution >= 4 is 45.8 Å². The number of allylic oxidation sites excluding steroid dienone is 1. The van der Waals surface area contributed by atoms with Gasteiger partial charge < -0.3 is 10.2 Å². The molecule has 2 aliphatic rings. The molecule has 0 atom stereocenters. The topological polar surface area (TPSA) is 39.1 Å².